The van der Waals surface area contributed by atoms with Gasteiger partial charge in [0.05, 0.1) is 0 Å². The fraction of sp³-hybridized carbons (Fsp3) is 0.278. The topological polar surface area (TPSA) is 50.4 Å². The van der Waals surface area contributed by atoms with Gasteiger partial charge in [-0.15, -0.1) is 13.2 Å². The molecule has 0 heterocycles. The number of aryl methyl sites for hydroxylation is 1. The van der Waals surface area contributed by atoms with Crippen molar-refractivity contribution in [3.05, 3.63) is 54.1 Å². The van der Waals surface area contributed by atoms with Crippen molar-refractivity contribution in [2.75, 3.05) is 10.6 Å². The zero-order chi connectivity index (χ0) is 18.4. The number of carbonyl (C=O) groups excluding carboxylic acids is 1. The summed E-state index contributed by atoms with van der Waals surface area (Å²) in [5.74, 6) is -0.635. The molecular weight excluding hydrogens is 333 g/mol. The highest BCUT2D eigenvalue weighted by Crippen LogP contribution is 2.24. The van der Waals surface area contributed by atoms with E-state index >= 15 is 0 Å². The summed E-state index contributed by atoms with van der Waals surface area (Å²) < 4.78 is 40.2. The quantitative estimate of drug-likeness (QED) is 0.800. The molecule has 1 atom stereocenters. The van der Waals surface area contributed by atoms with Crippen molar-refractivity contribution >= 4 is 17.3 Å². The van der Waals surface area contributed by atoms with Crippen molar-refractivity contribution in [3.8, 4) is 5.75 Å². The summed E-state index contributed by atoms with van der Waals surface area (Å²) in [5.41, 5.74) is 2.36. The Morgan fingerprint density at radius 3 is 2.36 bits per heavy atom. The molecule has 0 saturated carbocycles. The van der Waals surface area contributed by atoms with E-state index in [4.69, 9.17) is 0 Å². The summed E-state index contributed by atoms with van der Waals surface area (Å²) in [6, 6.07) is 12.2. The first-order valence-corrected chi connectivity index (χ1v) is 7.79. The van der Waals surface area contributed by atoms with Gasteiger partial charge in [0.1, 0.15) is 11.8 Å². The van der Waals surface area contributed by atoms with E-state index in [1.807, 2.05) is 31.2 Å². The number of benzene rings is 2. The van der Waals surface area contributed by atoms with Gasteiger partial charge in [-0.05, 0) is 49.2 Å². The van der Waals surface area contributed by atoms with Gasteiger partial charge in [0.2, 0.25) is 5.91 Å². The maximum atomic E-state index is 12.2. The molecule has 25 heavy (non-hydrogen) atoms. The Morgan fingerprint density at radius 1 is 1.12 bits per heavy atom. The van der Waals surface area contributed by atoms with Crippen LogP contribution in [-0.2, 0) is 11.2 Å². The lowest BCUT2D eigenvalue weighted by Gasteiger charge is -2.17. The van der Waals surface area contributed by atoms with E-state index in [1.165, 1.54) is 12.1 Å². The van der Waals surface area contributed by atoms with Crippen LogP contribution in [0.25, 0.3) is 0 Å². The lowest BCUT2D eigenvalue weighted by molar-refractivity contribution is -0.274. The largest absolute Gasteiger partial charge is 0.573 e. The number of ether oxygens (including phenoxy) is 1. The first kappa shape index (κ1) is 18.6. The summed E-state index contributed by atoms with van der Waals surface area (Å²) in [5, 5.41) is 5.79. The first-order valence-electron chi connectivity index (χ1n) is 7.79. The molecule has 0 aromatic heterocycles. The van der Waals surface area contributed by atoms with E-state index in [0.29, 0.717) is 5.69 Å². The van der Waals surface area contributed by atoms with Gasteiger partial charge >= 0.3 is 6.36 Å². The number of alkyl halides is 3. The summed E-state index contributed by atoms with van der Waals surface area (Å²) in [4.78, 5) is 12.2. The highest BCUT2D eigenvalue weighted by Gasteiger charge is 2.31. The maximum Gasteiger partial charge on any atom is 0.573 e. The fourth-order valence-electron chi connectivity index (χ4n) is 2.26. The second kappa shape index (κ2) is 7.92. The monoisotopic (exact) mass is 352 g/mol. The average molecular weight is 352 g/mol. The van der Waals surface area contributed by atoms with Crippen LogP contribution in [0.5, 0.6) is 5.75 Å². The number of para-hydroxylation sites is 1. The number of rotatable bonds is 6. The summed E-state index contributed by atoms with van der Waals surface area (Å²) in [7, 11) is 0. The van der Waals surface area contributed by atoms with E-state index < -0.39 is 12.4 Å². The van der Waals surface area contributed by atoms with Gasteiger partial charge in [-0.25, -0.2) is 0 Å². The van der Waals surface area contributed by atoms with Gasteiger partial charge in [0.15, 0.2) is 0 Å². The van der Waals surface area contributed by atoms with Crippen LogP contribution in [0.1, 0.15) is 19.4 Å². The molecule has 2 rings (SSSR count). The van der Waals surface area contributed by atoms with E-state index in [9.17, 15) is 18.0 Å². The van der Waals surface area contributed by atoms with Gasteiger partial charge in [-0.3, -0.25) is 4.79 Å². The average Bonchev–Trinajstić information content (AvgIpc) is 2.55. The Hall–Kier alpha value is -2.70. The molecule has 2 N–H and O–H groups in total. The van der Waals surface area contributed by atoms with Crippen molar-refractivity contribution < 1.29 is 22.7 Å². The highest BCUT2D eigenvalue weighted by molar-refractivity contribution is 5.96. The van der Waals surface area contributed by atoms with Crippen molar-refractivity contribution in [1.29, 1.82) is 0 Å². The predicted octanol–water partition coefficient (Wildman–Crippen LogP) is 4.59. The van der Waals surface area contributed by atoms with E-state index in [1.54, 1.807) is 6.92 Å². The van der Waals surface area contributed by atoms with Crippen LogP contribution in [0, 0.1) is 0 Å². The van der Waals surface area contributed by atoms with Crippen LogP contribution < -0.4 is 15.4 Å². The Balaban J connectivity index is 1.97. The van der Waals surface area contributed by atoms with Gasteiger partial charge in [0, 0.05) is 11.4 Å². The molecule has 4 nitrogen and oxygen atoms in total. The molecule has 2 aromatic carbocycles. The van der Waals surface area contributed by atoms with Crippen LogP contribution in [0.4, 0.5) is 24.5 Å². The second-order valence-corrected chi connectivity index (χ2v) is 5.44. The van der Waals surface area contributed by atoms with Crippen LogP contribution in [0.2, 0.25) is 0 Å². The Labute approximate surface area is 144 Å². The molecule has 0 spiro atoms. The smallest absolute Gasteiger partial charge is 0.406 e. The molecule has 2 aromatic rings. The van der Waals surface area contributed by atoms with Gasteiger partial charge in [-0.2, -0.15) is 0 Å². The number of halogens is 3. The normalized spacial score (nSPS) is 12.4. The highest BCUT2D eigenvalue weighted by atomic mass is 19.4. The SMILES string of the molecule is CCc1ccccc1N[C@H](C)C(=O)Nc1ccc(OC(F)(F)F)cc1. The van der Waals surface area contributed by atoms with Gasteiger partial charge < -0.3 is 15.4 Å². The molecule has 0 fully saturated rings. The summed E-state index contributed by atoms with van der Waals surface area (Å²) >= 11 is 0. The number of carbonyl (C=O) groups is 1. The maximum absolute atomic E-state index is 12.2. The molecule has 134 valence electrons. The molecule has 0 aliphatic heterocycles. The van der Waals surface area contributed by atoms with E-state index in [0.717, 1.165) is 29.8 Å². The standard InChI is InChI=1S/C18H19F3N2O2/c1-3-13-6-4-5-7-16(13)22-12(2)17(24)23-14-8-10-15(11-9-14)25-18(19,20)21/h4-12,22H,3H2,1-2H3,(H,23,24)/t12-/m1/s1. The number of hydrogen-bond donors (Lipinski definition) is 2. The first-order chi connectivity index (χ1) is 11.8. The minimum atomic E-state index is -4.74. The molecule has 0 radical (unpaired) electrons. The molecule has 0 saturated heterocycles. The fourth-order valence-corrected chi connectivity index (χ4v) is 2.26. The second-order valence-electron chi connectivity index (χ2n) is 5.44. The number of hydrogen-bond acceptors (Lipinski definition) is 3. The Kier molecular flexibility index (Phi) is 5.90. The number of nitrogens with one attached hydrogen (secondary N) is 2. The molecule has 0 aliphatic carbocycles. The van der Waals surface area contributed by atoms with Crippen LogP contribution >= 0.6 is 0 Å². The third-order valence-corrected chi connectivity index (χ3v) is 3.52. The van der Waals surface area contributed by atoms with Crippen molar-refractivity contribution in [2.24, 2.45) is 0 Å². The van der Waals surface area contributed by atoms with Crippen molar-refractivity contribution in [3.63, 3.8) is 0 Å². The summed E-state index contributed by atoms with van der Waals surface area (Å²) in [6.07, 6.45) is -3.91. The van der Waals surface area contributed by atoms with Crippen LogP contribution in [-0.4, -0.2) is 18.3 Å². The van der Waals surface area contributed by atoms with Crippen molar-refractivity contribution in [2.45, 2.75) is 32.7 Å². The Bertz CT molecular complexity index is 715. The van der Waals surface area contributed by atoms with Gasteiger partial charge in [-0.1, -0.05) is 25.1 Å². The molecular formula is C18H19F3N2O2. The molecule has 7 heteroatoms. The molecule has 0 aliphatic rings. The predicted molar refractivity (Wildman–Crippen MR) is 90.7 cm³/mol. The third kappa shape index (κ3) is 5.70. The van der Waals surface area contributed by atoms with E-state index in [2.05, 4.69) is 15.4 Å². The molecule has 0 bridgehead atoms. The van der Waals surface area contributed by atoms with Crippen molar-refractivity contribution in [1.82, 2.24) is 0 Å². The lowest BCUT2D eigenvalue weighted by atomic mass is 10.1. The third-order valence-electron chi connectivity index (χ3n) is 3.52. The van der Waals surface area contributed by atoms with E-state index in [-0.39, 0.29) is 11.7 Å². The minimum absolute atomic E-state index is 0.296. The molecule has 1 amide bonds. The minimum Gasteiger partial charge on any atom is -0.406 e. The Morgan fingerprint density at radius 2 is 1.76 bits per heavy atom. The zero-order valence-corrected chi connectivity index (χ0v) is 13.9. The zero-order valence-electron chi connectivity index (χ0n) is 13.9. The lowest BCUT2D eigenvalue weighted by Crippen LogP contribution is -2.32. The number of anilines is 2. The summed E-state index contributed by atoms with van der Waals surface area (Å²) in [6.45, 7) is 3.73. The van der Waals surface area contributed by atoms with Gasteiger partial charge in [0.25, 0.3) is 0 Å². The molecule has 0 unspecified atom stereocenters. The number of amides is 1. The van der Waals surface area contributed by atoms with Crippen LogP contribution in [0.15, 0.2) is 48.5 Å². The van der Waals surface area contributed by atoms with Crippen LogP contribution in [0.3, 0.4) is 0 Å².